The Morgan fingerprint density at radius 1 is 0.321 bits per heavy atom. The number of anilines is 4. The minimum absolute atomic E-state index is 0.0301. The maximum atomic E-state index is 2.65. The van der Waals surface area contributed by atoms with Crippen LogP contribution in [0, 0.1) is 6.92 Å². The van der Waals surface area contributed by atoms with E-state index in [1.807, 2.05) is 0 Å². The summed E-state index contributed by atoms with van der Waals surface area (Å²) in [6, 6.07) is 66.0. The topological polar surface area (TPSA) is 6.48 Å². The fourth-order valence-corrected chi connectivity index (χ4v) is 9.89. The summed E-state index contributed by atoms with van der Waals surface area (Å²) in [6.07, 6.45) is 0. The Balaban J connectivity index is 1.16. The van der Waals surface area contributed by atoms with Gasteiger partial charge in [-0.1, -0.05) is 145 Å². The molecule has 4 heteroatoms. The second-order valence-electron chi connectivity index (χ2n) is 14.9. The van der Waals surface area contributed by atoms with Crippen LogP contribution in [-0.2, 0) is 0 Å². The highest BCUT2D eigenvalue weighted by molar-refractivity contribution is 6.97. The average molecular weight is 670 g/mol. The van der Waals surface area contributed by atoms with Gasteiger partial charge in [0.05, 0.1) is 0 Å². The van der Waals surface area contributed by atoms with Gasteiger partial charge in [-0.15, -0.1) is 0 Å². The Hall–Kier alpha value is -6.51. The van der Waals surface area contributed by atoms with Crippen molar-refractivity contribution >= 4 is 58.3 Å². The summed E-state index contributed by atoms with van der Waals surface area (Å²) in [5, 5.41) is 0. The van der Waals surface area contributed by atoms with Crippen LogP contribution in [0.1, 0.15) is 5.56 Å². The van der Waals surface area contributed by atoms with E-state index in [2.05, 4.69) is 192 Å². The number of rotatable bonds is 2. The molecule has 0 N–H and O–H groups in total. The quantitative estimate of drug-likeness (QED) is 0.169. The van der Waals surface area contributed by atoms with E-state index in [1.54, 1.807) is 0 Å². The largest absolute Gasteiger partial charge is 0.376 e. The highest BCUT2D eigenvalue weighted by Gasteiger charge is 2.49. The monoisotopic (exact) mass is 670 g/mol. The number of benzene rings is 8. The number of nitrogens with zero attached hydrogens (tertiary/aromatic N) is 2. The number of aryl methyl sites for hydroxylation is 1. The Kier molecular flexibility index (Phi) is 5.91. The van der Waals surface area contributed by atoms with Crippen molar-refractivity contribution in [2.24, 2.45) is 0 Å². The molecule has 0 saturated carbocycles. The highest BCUT2D eigenvalue weighted by Crippen LogP contribution is 2.53. The average Bonchev–Trinajstić information content (AvgIpc) is 3.23. The van der Waals surface area contributed by atoms with Gasteiger partial charge < -0.3 is 9.62 Å². The lowest BCUT2D eigenvalue weighted by Gasteiger charge is -2.49. The van der Waals surface area contributed by atoms with Crippen molar-refractivity contribution in [2.45, 2.75) is 6.92 Å². The number of hydrogen-bond donors (Lipinski definition) is 0. The van der Waals surface area contributed by atoms with Crippen LogP contribution in [0.15, 0.2) is 176 Å². The molecule has 4 aliphatic rings. The van der Waals surface area contributed by atoms with Crippen molar-refractivity contribution in [3.05, 3.63) is 181 Å². The van der Waals surface area contributed by atoms with E-state index >= 15 is 0 Å². The van der Waals surface area contributed by atoms with E-state index in [0.717, 1.165) is 0 Å². The van der Waals surface area contributed by atoms with Gasteiger partial charge in [0.1, 0.15) is 0 Å². The molecule has 0 unspecified atom stereocenters. The number of fused-ring (bicyclic) bond motifs is 16. The van der Waals surface area contributed by atoms with Gasteiger partial charge in [0.25, 0.3) is 0 Å². The maximum absolute atomic E-state index is 2.65. The maximum Gasteiger partial charge on any atom is 0.329 e. The summed E-state index contributed by atoms with van der Waals surface area (Å²) in [5.41, 5.74) is 24.7. The molecule has 0 saturated heterocycles. The third-order valence-corrected chi connectivity index (χ3v) is 12.1. The third kappa shape index (κ3) is 3.96. The molecule has 4 aliphatic heterocycles. The molecule has 12 rings (SSSR count). The molecular weight excluding hydrogens is 638 g/mol. The molecule has 0 aromatic heterocycles. The van der Waals surface area contributed by atoms with Crippen LogP contribution in [0.3, 0.4) is 0 Å². The molecule has 0 aliphatic carbocycles. The normalized spacial score (nSPS) is 13.6. The van der Waals surface area contributed by atoms with Gasteiger partial charge in [-0.2, -0.15) is 0 Å². The summed E-state index contributed by atoms with van der Waals surface area (Å²) < 4.78 is 0. The Morgan fingerprint density at radius 3 is 1.51 bits per heavy atom. The lowest BCUT2D eigenvalue weighted by atomic mass is 9.37. The Labute approximate surface area is 310 Å². The summed E-state index contributed by atoms with van der Waals surface area (Å²) >= 11 is 0. The van der Waals surface area contributed by atoms with Crippen molar-refractivity contribution in [3.8, 4) is 55.6 Å². The van der Waals surface area contributed by atoms with E-state index in [4.69, 9.17) is 0 Å². The molecule has 2 nitrogen and oxygen atoms in total. The van der Waals surface area contributed by atoms with Crippen LogP contribution in [0.4, 0.5) is 22.7 Å². The molecule has 53 heavy (non-hydrogen) atoms. The SMILES string of the molecule is Cc1ccc2c(c1)-c1ccccc1N1B2c2cccc3c2-c2c1cccc2N1B3c2ccc(-c3ccccc3)cc2-c2cc(-c3ccccc3)ccc21. The van der Waals surface area contributed by atoms with Crippen molar-refractivity contribution in [1.82, 2.24) is 0 Å². The molecule has 8 aromatic carbocycles. The van der Waals surface area contributed by atoms with Crippen molar-refractivity contribution in [1.29, 1.82) is 0 Å². The summed E-state index contributed by atoms with van der Waals surface area (Å²) in [4.78, 5) is 5.27. The van der Waals surface area contributed by atoms with Gasteiger partial charge in [-0.25, -0.2) is 0 Å². The predicted molar refractivity (Wildman–Crippen MR) is 226 cm³/mol. The van der Waals surface area contributed by atoms with E-state index in [9.17, 15) is 0 Å². The highest BCUT2D eigenvalue weighted by atomic mass is 15.1. The zero-order valence-electron chi connectivity index (χ0n) is 29.3. The van der Waals surface area contributed by atoms with Crippen LogP contribution in [0.5, 0.6) is 0 Å². The summed E-state index contributed by atoms with van der Waals surface area (Å²) in [5.74, 6) is 0. The molecule has 0 amide bonds. The van der Waals surface area contributed by atoms with Crippen molar-refractivity contribution < 1.29 is 0 Å². The number of hydrogen-bond acceptors (Lipinski definition) is 2. The van der Waals surface area contributed by atoms with Crippen LogP contribution in [-0.4, -0.2) is 13.7 Å². The zero-order chi connectivity index (χ0) is 34.8. The predicted octanol–water partition coefficient (Wildman–Crippen LogP) is 9.47. The first-order valence-electron chi connectivity index (χ1n) is 18.7. The molecule has 0 spiro atoms. The van der Waals surface area contributed by atoms with Gasteiger partial charge in [0, 0.05) is 39.4 Å². The van der Waals surface area contributed by atoms with Crippen molar-refractivity contribution in [3.63, 3.8) is 0 Å². The molecule has 8 aromatic rings. The first-order chi connectivity index (χ1) is 26.2. The smallest absolute Gasteiger partial charge is 0.329 e. The van der Waals surface area contributed by atoms with Gasteiger partial charge in [-0.3, -0.25) is 0 Å². The molecule has 0 fully saturated rings. The zero-order valence-corrected chi connectivity index (χ0v) is 29.3. The van der Waals surface area contributed by atoms with Crippen LogP contribution < -0.4 is 31.5 Å². The minimum Gasteiger partial charge on any atom is -0.376 e. The summed E-state index contributed by atoms with van der Waals surface area (Å²) in [6.45, 7) is 2.32. The molecule has 4 heterocycles. The Morgan fingerprint density at radius 2 is 0.830 bits per heavy atom. The van der Waals surface area contributed by atoms with Gasteiger partial charge >= 0.3 is 13.7 Å². The molecule has 0 atom stereocenters. The molecule has 0 bridgehead atoms. The first kappa shape index (κ1) is 29.1. The lowest BCUT2D eigenvalue weighted by molar-refractivity contribution is 1.30. The fourth-order valence-electron chi connectivity index (χ4n) is 9.89. The second-order valence-corrected chi connectivity index (χ2v) is 14.9. The number of para-hydroxylation sites is 1. The first-order valence-corrected chi connectivity index (χ1v) is 18.7. The molecule has 244 valence electrons. The van der Waals surface area contributed by atoms with Crippen molar-refractivity contribution in [2.75, 3.05) is 9.62 Å². The van der Waals surface area contributed by atoms with Gasteiger partial charge in [0.2, 0.25) is 0 Å². The van der Waals surface area contributed by atoms with E-state index in [-0.39, 0.29) is 13.7 Å². The fraction of sp³-hybridized carbons (Fsp3) is 0.0204. The Bertz CT molecular complexity index is 2830. The van der Waals surface area contributed by atoms with Gasteiger partial charge in [-0.05, 0) is 104 Å². The van der Waals surface area contributed by atoms with E-state index in [0.29, 0.717) is 0 Å². The van der Waals surface area contributed by atoms with Crippen LogP contribution >= 0.6 is 0 Å². The third-order valence-electron chi connectivity index (χ3n) is 12.1. The van der Waals surface area contributed by atoms with Crippen LogP contribution in [0.2, 0.25) is 0 Å². The van der Waals surface area contributed by atoms with E-state index in [1.165, 1.54) is 106 Å². The lowest BCUT2D eigenvalue weighted by Crippen LogP contribution is -2.65. The van der Waals surface area contributed by atoms with E-state index < -0.39 is 0 Å². The van der Waals surface area contributed by atoms with Gasteiger partial charge in [0.15, 0.2) is 0 Å². The minimum atomic E-state index is 0.0301. The second kappa shape index (κ2) is 10.8. The standard InChI is InChI=1S/C49H32B2N2/c1-31-22-25-40-37(28-31)36-16-8-9-19-44(36)52-46-20-11-21-47-49(46)48-42(50(40)52)17-10-18-43(48)51-41-26-23-34(32-12-4-2-5-13-32)29-38(41)39-30-35(24-27-45(39)53(47)51)33-14-6-3-7-15-33/h2-30H,1H3. The summed E-state index contributed by atoms with van der Waals surface area (Å²) in [7, 11) is 0. The molecule has 0 radical (unpaired) electrons. The van der Waals surface area contributed by atoms with Crippen LogP contribution in [0.25, 0.3) is 55.6 Å². The molecular formula is C49H32B2N2.